The lowest BCUT2D eigenvalue weighted by Gasteiger charge is -2.33. The van der Waals surface area contributed by atoms with E-state index in [2.05, 4.69) is 46.0 Å². The molecule has 1 aliphatic heterocycles. The second-order valence-electron chi connectivity index (χ2n) is 5.51. The van der Waals surface area contributed by atoms with Gasteiger partial charge in [0.2, 0.25) is 0 Å². The smallest absolute Gasteiger partial charge is 0.161 e. The molecule has 0 amide bonds. The molecular weight excluding hydrogens is 306 g/mol. The van der Waals surface area contributed by atoms with E-state index < -0.39 is 5.00 Å². The monoisotopic (exact) mass is 325 g/mol. The lowest BCUT2D eigenvalue weighted by atomic mass is 9.94. The molecule has 3 rings (SSSR count). The van der Waals surface area contributed by atoms with Crippen LogP contribution < -0.4 is 10.6 Å². The number of nitrogens with zero attached hydrogens (tertiary/aromatic N) is 1. The highest BCUT2D eigenvalue weighted by Crippen LogP contribution is 2.37. The molecule has 1 aromatic carbocycles. The van der Waals surface area contributed by atoms with E-state index in [1.165, 1.54) is 5.56 Å². The summed E-state index contributed by atoms with van der Waals surface area (Å²) in [5, 5.41) is 6.74. The van der Waals surface area contributed by atoms with Gasteiger partial charge >= 0.3 is 0 Å². The number of rotatable bonds is 6. The first kappa shape index (κ1) is 15.8. The van der Waals surface area contributed by atoms with Gasteiger partial charge in [0.05, 0.1) is 0 Å². The van der Waals surface area contributed by atoms with E-state index in [-0.39, 0.29) is 0 Å². The second kappa shape index (κ2) is 7.44. The zero-order valence-corrected chi connectivity index (χ0v) is 13.6. The number of halogens is 1. The SMILES string of the molecule is ClC1(c2cccnc2)NC=CC=C1CCNCc1ccccc1. The molecule has 23 heavy (non-hydrogen) atoms. The van der Waals surface area contributed by atoms with E-state index >= 15 is 0 Å². The van der Waals surface area contributed by atoms with E-state index in [0.717, 1.165) is 30.6 Å². The minimum Gasteiger partial charge on any atom is -0.366 e. The second-order valence-corrected chi connectivity index (χ2v) is 6.07. The minimum atomic E-state index is -0.711. The number of pyridine rings is 1. The van der Waals surface area contributed by atoms with E-state index in [9.17, 15) is 0 Å². The van der Waals surface area contributed by atoms with Gasteiger partial charge in [0, 0.05) is 24.5 Å². The van der Waals surface area contributed by atoms with Gasteiger partial charge < -0.3 is 10.6 Å². The number of nitrogens with one attached hydrogen (secondary N) is 2. The van der Waals surface area contributed by atoms with Crippen molar-refractivity contribution in [2.45, 2.75) is 18.0 Å². The van der Waals surface area contributed by atoms with Gasteiger partial charge in [-0.15, -0.1) is 0 Å². The molecule has 0 aliphatic carbocycles. The molecule has 118 valence electrons. The van der Waals surface area contributed by atoms with Crippen LogP contribution in [-0.2, 0) is 11.5 Å². The lowest BCUT2D eigenvalue weighted by Crippen LogP contribution is -2.38. The molecule has 1 aromatic heterocycles. The number of hydrogen-bond donors (Lipinski definition) is 2. The van der Waals surface area contributed by atoms with Crippen LogP contribution >= 0.6 is 11.6 Å². The average molecular weight is 326 g/mol. The molecule has 0 saturated heterocycles. The van der Waals surface area contributed by atoms with Gasteiger partial charge in [0.1, 0.15) is 0 Å². The highest BCUT2D eigenvalue weighted by atomic mass is 35.5. The van der Waals surface area contributed by atoms with Crippen molar-refractivity contribution in [2.24, 2.45) is 0 Å². The van der Waals surface area contributed by atoms with Crippen LogP contribution in [0.3, 0.4) is 0 Å². The highest BCUT2D eigenvalue weighted by Gasteiger charge is 2.33. The standard InChI is InChI=1S/C19H20ClN3/c20-19(18-9-4-11-21-15-18)17(8-5-12-23-19)10-13-22-14-16-6-2-1-3-7-16/h1-9,11-12,15,22-23H,10,13-14H2. The Bertz CT molecular complexity index is 682. The van der Waals surface area contributed by atoms with Crippen LogP contribution in [0, 0.1) is 0 Å². The molecule has 2 N–H and O–H groups in total. The molecule has 2 heterocycles. The fraction of sp³-hybridized carbons (Fsp3) is 0.211. The summed E-state index contributed by atoms with van der Waals surface area (Å²) in [6.45, 7) is 1.73. The summed E-state index contributed by atoms with van der Waals surface area (Å²) in [6, 6.07) is 14.3. The Balaban J connectivity index is 1.61. The fourth-order valence-corrected chi connectivity index (χ4v) is 3.01. The van der Waals surface area contributed by atoms with Crippen LogP contribution in [0.2, 0.25) is 0 Å². The number of alkyl halides is 1. The Morgan fingerprint density at radius 2 is 2.00 bits per heavy atom. The van der Waals surface area contributed by atoms with Crippen LogP contribution in [0.25, 0.3) is 0 Å². The van der Waals surface area contributed by atoms with Crippen molar-refractivity contribution in [1.29, 1.82) is 0 Å². The van der Waals surface area contributed by atoms with Crippen LogP contribution in [0.5, 0.6) is 0 Å². The largest absolute Gasteiger partial charge is 0.366 e. The van der Waals surface area contributed by atoms with Crippen LogP contribution in [-0.4, -0.2) is 11.5 Å². The van der Waals surface area contributed by atoms with Crippen LogP contribution in [0.15, 0.2) is 78.8 Å². The van der Waals surface area contributed by atoms with Crippen molar-refractivity contribution in [1.82, 2.24) is 15.6 Å². The number of hydrogen-bond acceptors (Lipinski definition) is 3. The van der Waals surface area contributed by atoms with Gasteiger partial charge in [0.15, 0.2) is 5.00 Å². The predicted octanol–water partition coefficient (Wildman–Crippen LogP) is 3.70. The summed E-state index contributed by atoms with van der Waals surface area (Å²) >= 11 is 6.86. The summed E-state index contributed by atoms with van der Waals surface area (Å²) in [5.74, 6) is 0. The summed E-state index contributed by atoms with van der Waals surface area (Å²) in [6.07, 6.45) is 10.4. The van der Waals surface area contributed by atoms with Gasteiger partial charge in [-0.1, -0.05) is 54.1 Å². The zero-order chi connectivity index (χ0) is 16.0. The number of aromatic nitrogens is 1. The van der Waals surface area contributed by atoms with Crippen LogP contribution in [0.1, 0.15) is 17.5 Å². The molecule has 0 radical (unpaired) electrons. The molecule has 1 unspecified atom stereocenters. The number of dihydropyridines is 1. The Hall–Kier alpha value is -2.10. The third kappa shape index (κ3) is 3.81. The summed E-state index contributed by atoms with van der Waals surface area (Å²) in [4.78, 5) is 3.47. The number of benzene rings is 1. The normalized spacial score (nSPS) is 20.0. The minimum absolute atomic E-state index is 0.711. The van der Waals surface area contributed by atoms with Crippen molar-refractivity contribution >= 4 is 11.6 Å². The molecule has 0 bridgehead atoms. The first-order valence-electron chi connectivity index (χ1n) is 7.77. The average Bonchev–Trinajstić information content (AvgIpc) is 2.62. The molecular formula is C19H20ClN3. The van der Waals surface area contributed by atoms with Crippen LogP contribution in [0.4, 0.5) is 0 Å². The molecule has 1 atom stereocenters. The predicted molar refractivity (Wildman–Crippen MR) is 94.9 cm³/mol. The van der Waals surface area contributed by atoms with E-state index in [0.29, 0.717) is 0 Å². The molecule has 1 aliphatic rings. The Morgan fingerprint density at radius 3 is 2.78 bits per heavy atom. The van der Waals surface area contributed by atoms with Crippen molar-refractivity contribution in [3.63, 3.8) is 0 Å². The topological polar surface area (TPSA) is 37.0 Å². The zero-order valence-electron chi connectivity index (χ0n) is 12.9. The maximum atomic E-state index is 6.86. The van der Waals surface area contributed by atoms with E-state index in [1.54, 1.807) is 6.20 Å². The summed E-state index contributed by atoms with van der Waals surface area (Å²) < 4.78 is 0. The van der Waals surface area contributed by atoms with Gasteiger partial charge in [0.25, 0.3) is 0 Å². The van der Waals surface area contributed by atoms with Gasteiger partial charge in [-0.3, -0.25) is 4.98 Å². The molecule has 0 spiro atoms. The third-order valence-corrected chi connectivity index (χ3v) is 4.49. The molecule has 3 nitrogen and oxygen atoms in total. The first-order valence-corrected chi connectivity index (χ1v) is 8.15. The summed E-state index contributed by atoms with van der Waals surface area (Å²) in [5.41, 5.74) is 3.38. The quantitative estimate of drug-likeness (QED) is 0.483. The molecule has 2 aromatic rings. The van der Waals surface area contributed by atoms with E-state index in [1.807, 2.05) is 36.7 Å². The van der Waals surface area contributed by atoms with Gasteiger partial charge in [-0.25, -0.2) is 0 Å². The molecule has 4 heteroatoms. The first-order chi connectivity index (χ1) is 11.3. The molecule has 0 saturated carbocycles. The maximum absolute atomic E-state index is 6.86. The Labute approximate surface area is 142 Å². The van der Waals surface area contributed by atoms with Crippen molar-refractivity contribution < 1.29 is 0 Å². The van der Waals surface area contributed by atoms with Gasteiger partial charge in [-0.2, -0.15) is 0 Å². The Morgan fingerprint density at radius 1 is 1.13 bits per heavy atom. The van der Waals surface area contributed by atoms with Gasteiger partial charge in [-0.05, 0) is 42.4 Å². The highest BCUT2D eigenvalue weighted by molar-refractivity contribution is 6.25. The van der Waals surface area contributed by atoms with E-state index in [4.69, 9.17) is 11.6 Å². The third-order valence-electron chi connectivity index (χ3n) is 3.92. The van der Waals surface area contributed by atoms with Crippen molar-refractivity contribution in [3.05, 3.63) is 89.9 Å². The van der Waals surface area contributed by atoms with Crippen molar-refractivity contribution in [3.8, 4) is 0 Å². The maximum Gasteiger partial charge on any atom is 0.161 e. The molecule has 0 fully saturated rings. The Kier molecular flexibility index (Phi) is 5.11. The fourth-order valence-electron chi connectivity index (χ4n) is 2.68. The van der Waals surface area contributed by atoms with Crippen molar-refractivity contribution in [2.75, 3.05) is 6.54 Å². The number of allylic oxidation sites excluding steroid dienone is 2. The summed E-state index contributed by atoms with van der Waals surface area (Å²) in [7, 11) is 0. The lowest BCUT2D eigenvalue weighted by molar-refractivity contribution is 0.573.